The van der Waals surface area contributed by atoms with Crippen LogP contribution in [0.3, 0.4) is 0 Å². The lowest BCUT2D eigenvalue weighted by molar-refractivity contribution is -0.141. The lowest BCUT2D eigenvalue weighted by atomic mass is 10.0. The summed E-state index contributed by atoms with van der Waals surface area (Å²) in [6.07, 6.45) is 0.306. The molecule has 1 fully saturated rings. The Balaban J connectivity index is 1.71. The van der Waals surface area contributed by atoms with Crippen LogP contribution in [0.5, 0.6) is 0 Å². The van der Waals surface area contributed by atoms with Gasteiger partial charge in [-0.2, -0.15) is 13.2 Å². The number of aromatic nitrogens is 2. The van der Waals surface area contributed by atoms with Gasteiger partial charge in [-0.3, -0.25) is 0 Å². The number of hydrogen-bond acceptors (Lipinski definition) is 4. The Kier molecular flexibility index (Phi) is 5.39. The molecule has 2 heterocycles. The fourth-order valence-corrected chi connectivity index (χ4v) is 2.57. The molecule has 1 saturated heterocycles. The maximum atomic E-state index is 12.3. The third kappa shape index (κ3) is 4.84. The van der Waals surface area contributed by atoms with E-state index in [1.165, 1.54) is 25.3 Å². The molecule has 0 spiro atoms. The first-order chi connectivity index (χ1) is 9.97. The molecule has 1 atom stereocenters. The summed E-state index contributed by atoms with van der Waals surface area (Å²) in [4.78, 5) is 2.46. The fraction of sp³-hybridized carbons (Fsp3) is 0.714. The van der Waals surface area contributed by atoms with Crippen LogP contribution in [-0.4, -0.2) is 40.8 Å². The van der Waals surface area contributed by atoms with Crippen molar-refractivity contribution in [2.75, 3.05) is 25.0 Å². The fourth-order valence-electron chi connectivity index (χ4n) is 2.57. The smallest absolute Gasteiger partial charge is 0.369 e. The average molecular weight is 302 g/mol. The number of hydrogen-bond donors (Lipinski definition) is 1. The molecule has 1 aliphatic rings. The molecule has 1 N–H and O–H groups in total. The highest BCUT2D eigenvalue weighted by Crippen LogP contribution is 2.27. The number of halogens is 3. The van der Waals surface area contributed by atoms with E-state index >= 15 is 0 Å². The average Bonchev–Trinajstić information content (AvgIpc) is 2.45. The zero-order valence-corrected chi connectivity index (χ0v) is 12.2. The summed E-state index contributed by atoms with van der Waals surface area (Å²) in [7, 11) is 0. The van der Waals surface area contributed by atoms with Crippen molar-refractivity contribution < 1.29 is 13.2 Å². The van der Waals surface area contributed by atoms with Gasteiger partial charge in [-0.1, -0.05) is 6.42 Å². The van der Waals surface area contributed by atoms with E-state index in [4.69, 9.17) is 0 Å². The molecule has 2 rings (SSSR count). The normalized spacial score (nSPS) is 20.5. The van der Waals surface area contributed by atoms with Crippen molar-refractivity contribution >= 4 is 5.82 Å². The van der Waals surface area contributed by atoms with Gasteiger partial charge in [0.1, 0.15) is 5.82 Å². The van der Waals surface area contributed by atoms with Crippen LogP contribution >= 0.6 is 0 Å². The Hall–Kier alpha value is -1.37. The molecule has 118 valence electrons. The minimum atomic E-state index is -4.43. The van der Waals surface area contributed by atoms with E-state index in [2.05, 4.69) is 27.3 Å². The molecule has 0 bridgehead atoms. The van der Waals surface area contributed by atoms with Crippen molar-refractivity contribution in [2.24, 2.45) is 0 Å². The molecule has 1 aromatic heterocycles. The van der Waals surface area contributed by atoms with Crippen molar-refractivity contribution in [3.8, 4) is 0 Å². The Morgan fingerprint density at radius 3 is 2.71 bits per heavy atom. The molecule has 0 amide bonds. The second-order valence-electron chi connectivity index (χ2n) is 5.46. The minimum absolute atomic E-state index is 0.384. The van der Waals surface area contributed by atoms with Crippen LogP contribution in [0.25, 0.3) is 0 Å². The van der Waals surface area contributed by atoms with E-state index in [0.29, 0.717) is 18.4 Å². The number of alkyl halides is 3. The number of likely N-dealkylation sites (tertiary alicyclic amines) is 1. The minimum Gasteiger partial charge on any atom is -0.369 e. The maximum Gasteiger partial charge on any atom is 0.435 e. The number of nitrogens with zero attached hydrogens (tertiary/aromatic N) is 3. The molecular weight excluding hydrogens is 281 g/mol. The van der Waals surface area contributed by atoms with Gasteiger partial charge in [-0.15, -0.1) is 10.2 Å². The topological polar surface area (TPSA) is 41.0 Å². The third-order valence-corrected chi connectivity index (χ3v) is 3.82. The second-order valence-corrected chi connectivity index (χ2v) is 5.46. The third-order valence-electron chi connectivity index (χ3n) is 3.82. The van der Waals surface area contributed by atoms with Crippen LogP contribution in [0.2, 0.25) is 0 Å². The van der Waals surface area contributed by atoms with Crippen molar-refractivity contribution in [3.05, 3.63) is 17.8 Å². The summed E-state index contributed by atoms with van der Waals surface area (Å²) >= 11 is 0. The first kappa shape index (κ1) is 16.0. The van der Waals surface area contributed by atoms with Crippen LogP contribution in [0.15, 0.2) is 12.1 Å². The van der Waals surface area contributed by atoms with Crippen LogP contribution in [0.1, 0.15) is 38.3 Å². The SMILES string of the molecule is CC1CCCCN1CCCNc1ccc(C(F)(F)F)nn1. The Morgan fingerprint density at radius 1 is 1.29 bits per heavy atom. The highest BCUT2D eigenvalue weighted by Gasteiger charge is 2.32. The predicted octanol–water partition coefficient (Wildman–Crippen LogP) is 3.17. The van der Waals surface area contributed by atoms with Gasteiger partial charge in [0.25, 0.3) is 0 Å². The lowest BCUT2D eigenvalue weighted by Gasteiger charge is -2.33. The highest BCUT2D eigenvalue weighted by molar-refractivity contribution is 5.33. The molecule has 4 nitrogen and oxygen atoms in total. The summed E-state index contributed by atoms with van der Waals surface area (Å²) in [5, 5.41) is 9.74. The van der Waals surface area contributed by atoms with Crippen LogP contribution in [0, 0.1) is 0 Å². The maximum absolute atomic E-state index is 12.3. The van der Waals surface area contributed by atoms with E-state index in [9.17, 15) is 13.2 Å². The van der Waals surface area contributed by atoms with Gasteiger partial charge >= 0.3 is 6.18 Å². The van der Waals surface area contributed by atoms with Crippen molar-refractivity contribution in [3.63, 3.8) is 0 Å². The van der Waals surface area contributed by atoms with Gasteiger partial charge in [0, 0.05) is 19.1 Å². The summed E-state index contributed by atoms with van der Waals surface area (Å²) in [5.41, 5.74) is -0.963. The quantitative estimate of drug-likeness (QED) is 0.848. The van der Waals surface area contributed by atoms with Crippen LogP contribution in [0.4, 0.5) is 19.0 Å². The Bertz CT molecular complexity index is 433. The molecule has 1 aromatic rings. The summed E-state index contributed by atoms with van der Waals surface area (Å²) < 4.78 is 37.0. The van der Waals surface area contributed by atoms with Gasteiger partial charge in [-0.25, -0.2) is 0 Å². The van der Waals surface area contributed by atoms with E-state index in [-0.39, 0.29) is 0 Å². The van der Waals surface area contributed by atoms with Crippen LogP contribution in [-0.2, 0) is 6.18 Å². The number of anilines is 1. The number of nitrogens with one attached hydrogen (secondary N) is 1. The highest BCUT2D eigenvalue weighted by atomic mass is 19.4. The molecule has 1 unspecified atom stereocenters. The lowest BCUT2D eigenvalue weighted by Crippen LogP contribution is -2.38. The molecule has 1 aliphatic heterocycles. The second kappa shape index (κ2) is 7.06. The largest absolute Gasteiger partial charge is 0.435 e. The summed E-state index contributed by atoms with van der Waals surface area (Å²) in [6, 6.07) is 2.89. The Labute approximate surface area is 122 Å². The predicted molar refractivity (Wildman–Crippen MR) is 75.0 cm³/mol. The van der Waals surface area contributed by atoms with E-state index in [0.717, 1.165) is 25.6 Å². The molecule has 21 heavy (non-hydrogen) atoms. The summed E-state index contributed by atoms with van der Waals surface area (Å²) in [6.45, 7) is 5.07. The zero-order chi connectivity index (χ0) is 15.3. The van der Waals surface area contributed by atoms with Crippen molar-refractivity contribution in [1.29, 1.82) is 0 Å². The van der Waals surface area contributed by atoms with Crippen molar-refractivity contribution in [1.82, 2.24) is 15.1 Å². The van der Waals surface area contributed by atoms with Gasteiger partial charge < -0.3 is 10.2 Å². The first-order valence-electron chi connectivity index (χ1n) is 7.35. The zero-order valence-electron chi connectivity index (χ0n) is 12.2. The van der Waals surface area contributed by atoms with Crippen LogP contribution < -0.4 is 5.32 Å². The Morgan fingerprint density at radius 2 is 2.10 bits per heavy atom. The molecule has 0 saturated carbocycles. The molecule has 0 aromatic carbocycles. The van der Waals surface area contributed by atoms with Gasteiger partial charge in [0.05, 0.1) is 0 Å². The molecule has 0 radical (unpaired) electrons. The summed E-state index contributed by atoms with van der Waals surface area (Å²) in [5.74, 6) is 0.384. The first-order valence-corrected chi connectivity index (χ1v) is 7.35. The van der Waals surface area contributed by atoms with Gasteiger partial charge in [0.15, 0.2) is 5.69 Å². The number of rotatable bonds is 5. The molecular formula is C14H21F3N4. The van der Waals surface area contributed by atoms with Gasteiger partial charge in [0.2, 0.25) is 0 Å². The standard InChI is InChI=1S/C14H21F3N4/c1-11-5-2-3-9-21(11)10-4-8-18-13-7-6-12(19-20-13)14(15,16)17/h6-7,11H,2-5,8-10H2,1H3,(H,18,20). The van der Waals surface area contributed by atoms with E-state index in [1.54, 1.807) is 0 Å². The van der Waals surface area contributed by atoms with E-state index < -0.39 is 11.9 Å². The molecule has 0 aliphatic carbocycles. The van der Waals surface area contributed by atoms with Crippen molar-refractivity contribution in [2.45, 2.75) is 44.8 Å². The molecule has 7 heteroatoms. The monoisotopic (exact) mass is 302 g/mol. The van der Waals surface area contributed by atoms with E-state index in [1.807, 2.05) is 0 Å². The van der Waals surface area contributed by atoms with Gasteiger partial charge in [-0.05, 0) is 44.9 Å². The number of piperidine rings is 1.